The highest BCUT2D eigenvalue weighted by Crippen LogP contribution is 2.35. The Morgan fingerprint density at radius 2 is 2.05 bits per heavy atom. The monoisotopic (exact) mass is 275 g/mol. The van der Waals surface area contributed by atoms with Crippen molar-refractivity contribution >= 4 is 0 Å². The van der Waals surface area contributed by atoms with Crippen molar-refractivity contribution in [3.63, 3.8) is 0 Å². The van der Waals surface area contributed by atoms with Gasteiger partial charge in [0, 0.05) is 18.2 Å². The molecule has 0 spiro atoms. The van der Waals surface area contributed by atoms with Gasteiger partial charge in [-0.1, -0.05) is 38.5 Å². The number of hydrogen-bond donors (Lipinski definition) is 1. The molecule has 1 unspecified atom stereocenters. The van der Waals surface area contributed by atoms with Crippen LogP contribution in [-0.4, -0.2) is 12.1 Å². The lowest BCUT2D eigenvalue weighted by molar-refractivity contribution is 0.196. The highest BCUT2D eigenvalue weighted by Gasteiger charge is 2.27. The molecule has 0 saturated heterocycles. The van der Waals surface area contributed by atoms with Gasteiger partial charge in [0.15, 0.2) is 0 Å². The molecular weight excluding hydrogens is 246 g/mol. The zero-order valence-corrected chi connectivity index (χ0v) is 13.4. The van der Waals surface area contributed by atoms with Crippen molar-refractivity contribution in [3.8, 4) is 5.75 Å². The van der Waals surface area contributed by atoms with E-state index in [1.807, 2.05) is 6.07 Å². The number of ether oxygens (including phenoxy) is 1. The summed E-state index contributed by atoms with van der Waals surface area (Å²) in [5.74, 6) is 1.02. The van der Waals surface area contributed by atoms with Gasteiger partial charge in [-0.3, -0.25) is 0 Å². The molecular formula is C18H29NO. The molecule has 0 amide bonds. The van der Waals surface area contributed by atoms with E-state index < -0.39 is 0 Å². The normalized spacial score (nSPS) is 21.9. The molecule has 1 aromatic carbocycles. The maximum atomic E-state index is 5.89. The number of rotatable bonds is 5. The summed E-state index contributed by atoms with van der Waals surface area (Å²) in [6.45, 7) is 9.83. The summed E-state index contributed by atoms with van der Waals surface area (Å²) in [7, 11) is 0. The number of nitrogens with one attached hydrogen (secondary N) is 1. The van der Waals surface area contributed by atoms with E-state index in [1.165, 1.54) is 31.2 Å². The topological polar surface area (TPSA) is 21.3 Å². The Bertz CT molecular complexity index is 425. The van der Waals surface area contributed by atoms with E-state index in [1.54, 1.807) is 0 Å². The third kappa shape index (κ3) is 4.52. The molecule has 1 aliphatic carbocycles. The third-order valence-electron chi connectivity index (χ3n) is 4.12. The fraction of sp³-hybridized carbons (Fsp3) is 0.667. The Kier molecular flexibility index (Phi) is 5.09. The van der Waals surface area contributed by atoms with E-state index in [0.717, 1.165) is 12.3 Å². The van der Waals surface area contributed by atoms with Gasteiger partial charge in [0.1, 0.15) is 5.75 Å². The number of benzene rings is 1. The minimum absolute atomic E-state index is 0.227. The van der Waals surface area contributed by atoms with Crippen molar-refractivity contribution in [1.29, 1.82) is 0 Å². The SMILES string of the molecule is CC(C)Oc1ccccc1CNC1CCCC(C)(C)C1. The summed E-state index contributed by atoms with van der Waals surface area (Å²) in [4.78, 5) is 0. The fourth-order valence-electron chi connectivity index (χ4n) is 3.15. The Balaban J connectivity index is 1.93. The van der Waals surface area contributed by atoms with E-state index in [4.69, 9.17) is 4.74 Å². The van der Waals surface area contributed by atoms with Crippen LogP contribution in [0.5, 0.6) is 5.75 Å². The lowest BCUT2D eigenvalue weighted by Gasteiger charge is -2.35. The van der Waals surface area contributed by atoms with Crippen LogP contribution in [0.2, 0.25) is 0 Å². The predicted octanol–water partition coefficient (Wildman–Crippen LogP) is 4.53. The van der Waals surface area contributed by atoms with Crippen molar-refractivity contribution in [2.45, 2.75) is 72.1 Å². The van der Waals surface area contributed by atoms with Crippen molar-refractivity contribution in [3.05, 3.63) is 29.8 Å². The summed E-state index contributed by atoms with van der Waals surface area (Å²) in [5, 5.41) is 3.73. The summed E-state index contributed by atoms with van der Waals surface area (Å²) < 4.78 is 5.89. The van der Waals surface area contributed by atoms with E-state index >= 15 is 0 Å². The standard InChI is InChI=1S/C18H29NO/c1-14(2)20-17-10-6-5-8-15(17)13-19-16-9-7-11-18(3,4)12-16/h5-6,8,10,14,16,19H,7,9,11-13H2,1-4H3. The molecule has 0 heterocycles. The minimum Gasteiger partial charge on any atom is -0.491 e. The van der Waals surface area contributed by atoms with E-state index in [2.05, 4.69) is 51.2 Å². The Hall–Kier alpha value is -1.02. The van der Waals surface area contributed by atoms with Crippen molar-refractivity contribution in [1.82, 2.24) is 5.32 Å². The smallest absolute Gasteiger partial charge is 0.124 e. The zero-order valence-electron chi connectivity index (χ0n) is 13.4. The molecule has 1 aromatic rings. The Morgan fingerprint density at radius 1 is 1.30 bits per heavy atom. The van der Waals surface area contributed by atoms with Gasteiger partial charge >= 0.3 is 0 Å². The summed E-state index contributed by atoms with van der Waals surface area (Å²) in [6, 6.07) is 9.02. The minimum atomic E-state index is 0.227. The molecule has 1 fully saturated rings. The van der Waals surface area contributed by atoms with Crippen molar-refractivity contribution in [2.24, 2.45) is 5.41 Å². The van der Waals surface area contributed by atoms with Crippen LogP contribution < -0.4 is 10.1 Å². The van der Waals surface area contributed by atoms with Crippen molar-refractivity contribution < 1.29 is 4.74 Å². The lowest BCUT2D eigenvalue weighted by atomic mass is 9.75. The molecule has 1 atom stereocenters. The third-order valence-corrected chi connectivity index (χ3v) is 4.12. The first-order valence-corrected chi connectivity index (χ1v) is 7.94. The van der Waals surface area contributed by atoms with Gasteiger partial charge in [0.05, 0.1) is 6.10 Å². The van der Waals surface area contributed by atoms with E-state index in [9.17, 15) is 0 Å². The Labute approximate surface area is 123 Å². The average Bonchev–Trinajstić information content (AvgIpc) is 2.36. The maximum absolute atomic E-state index is 5.89. The second kappa shape index (κ2) is 6.62. The van der Waals surface area contributed by atoms with Gasteiger partial charge in [0.25, 0.3) is 0 Å². The van der Waals surface area contributed by atoms with Gasteiger partial charge in [-0.05, 0) is 44.6 Å². The van der Waals surface area contributed by atoms with Gasteiger partial charge < -0.3 is 10.1 Å². The Morgan fingerprint density at radius 3 is 2.75 bits per heavy atom. The number of para-hydroxylation sites is 1. The molecule has 0 bridgehead atoms. The molecule has 1 N–H and O–H groups in total. The summed E-state index contributed by atoms with van der Waals surface area (Å²) >= 11 is 0. The van der Waals surface area contributed by atoms with Crippen LogP contribution in [0.15, 0.2) is 24.3 Å². The quantitative estimate of drug-likeness (QED) is 0.852. The van der Waals surface area contributed by atoms with Crippen LogP contribution in [0.1, 0.15) is 58.9 Å². The molecule has 112 valence electrons. The van der Waals surface area contributed by atoms with Crippen LogP contribution in [0.4, 0.5) is 0 Å². The second-order valence-electron chi connectivity index (χ2n) is 7.11. The van der Waals surface area contributed by atoms with Gasteiger partial charge in [-0.2, -0.15) is 0 Å². The molecule has 2 nitrogen and oxygen atoms in total. The van der Waals surface area contributed by atoms with Crippen LogP contribution in [0, 0.1) is 5.41 Å². The average molecular weight is 275 g/mol. The lowest BCUT2D eigenvalue weighted by Crippen LogP contribution is -2.36. The van der Waals surface area contributed by atoms with Crippen LogP contribution in [-0.2, 0) is 6.54 Å². The molecule has 20 heavy (non-hydrogen) atoms. The van der Waals surface area contributed by atoms with Gasteiger partial charge in [-0.15, -0.1) is 0 Å². The first-order valence-electron chi connectivity index (χ1n) is 7.94. The number of hydrogen-bond acceptors (Lipinski definition) is 2. The van der Waals surface area contributed by atoms with E-state index in [-0.39, 0.29) is 6.10 Å². The highest BCUT2D eigenvalue weighted by atomic mass is 16.5. The van der Waals surface area contributed by atoms with Gasteiger partial charge in [0.2, 0.25) is 0 Å². The molecule has 2 heteroatoms. The molecule has 1 aliphatic rings. The van der Waals surface area contributed by atoms with E-state index in [0.29, 0.717) is 11.5 Å². The van der Waals surface area contributed by atoms with Crippen LogP contribution in [0.25, 0.3) is 0 Å². The highest BCUT2D eigenvalue weighted by molar-refractivity contribution is 5.33. The maximum Gasteiger partial charge on any atom is 0.124 e. The van der Waals surface area contributed by atoms with Crippen LogP contribution >= 0.6 is 0 Å². The second-order valence-corrected chi connectivity index (χ2v) is 7.11. The van der Waals surface area contributed by atoms with Gasteiger partial charge in [-0.25, -0.2) is 0 Å². The van der Waals surface area contributed by atoms with Crippen LogP contribution in [0.3, 0.4) is 0 Å². The molecule has 0 aliphatic heterocycles. The summed E-state index contributed by atoms with van der Waals surface area (Å²) in [6.07, 6.45) is 5.51. The zero-order chi connectivity index (χ0) is 14.6. The molecule has 0 aromatic heterocycles. The first-order chi connectivity index (χ1) is 9.46. The molecule has 2 rings (SSSR count). The first kappa shape index (κ1) is 15.4. The largest absolute Gasteiger partial charge is 0.491 e. The fourth-order valence-corrected chi connectivity index (χ4v) is 3.15. The predicted molar refractivity (Wildman–Crippen MR) is 85.1 cm³/mol. The summed E-state index contributed by atoms with van der Waals surface area (Å²) in [5.41, 5.74) is 1.76. The molecule has 0 radical (unpaired) electrons. The van der Waals surface area contributed by atoms with Crippen molar-refractivity contribution in [2.75, 3.05) is 0 Å². The molecule has 1 saturated carbocycles.